The van der Waals surface area contributed by atoms with Gasteiger partial charge in [-0.1, -0.05) is 37.3 Å². The monoisotopic (exact) mass is 223 g/mol. The highest BCUT2D eigenvalue weighted by Gasteiger charge is 2.20. The molecule has 1 aromatic heterocycles. The van der Waals surface area contributed by atoms with Crippen LogP contribution in [0.5, 0.6) is 0 Å². The second-order valence-corrected chi connectivity index (χ2v) is 4.82. The third kappa shape index (κ3) is 2.82. The molecule has 0 radical (unpaired) electrons. The third-order valence-electron chi connectivity index (χ3n) is 3.32. The fourth-order valence-corrected chi connectivity index (χ4v) is 2.30. The Morgan fingerprint density at radius 2 is 1.81 bits per heavy atom. The summed E-state index contributed by atoms with van der Waals surface area (Å²) in [5.74, 6) is 1.89. The Morgan fingerprint density at radius 1 is 1.19 bits per heavy atom. The molecule has 1 saturated carbocycles. The maximum absolute atomic E-state index is 5.73. The molecule has 2 N–H and O–H groups in total. The van der Waals surface area contributed by atoms with Gasteiger partial charge in [-0.05, 0) is 19.8 Å². The van der Waals surface area contributed by atoms with Crippen LogP contribution in [0.1, 0.15) is 75.5 Å². The van der Waals surface area contributed by atoms with E-state index in [4.69, 9.17) is 10.3 Å². The van der Waals surface area contributed by atoms with Crippen LogP contribution in [0.3, 0.4) is 0 Å². The van der Waals surface area contributed by atoms with Crippen molar-refractivity contribution in [1.82, 2.24) is 10.1 Å². The van der Waals surface area contributed by atoms with Crippen LogP contribution in [-0.4, -0.2) is 10.1 Å². The van der Waals surface area contributed by atoms with Crippen molar-refractivity contribution in [3.63, 3.8) is 0 Å². The molecule has 1 aromatic rings. The molecule has 4 heteroatoms. The van der Waals surface area contributed by atoms with Crippen molar-refractivity contribution in [3.8, 4) is 0 Å². The van der Waals surface area contributed by atoms with Crippen LogP contribution in [0.2, 0.25) is 0 Å². The summed E-state index contributed by atoms with van der Waals surface area (Å²) in [6.45, 7) is 1.88. The van der Waals surface area contributed by atoms with E-state index < -0.39 is 0 Å². The van der Waals surface area contributed by atoms with E-state index in [-0.39, 0.29) is 6.04 Å². The Hall–Kier alpha value is -0.900. The van der Waals surface area contributed by atoms with Crippen LogP contribution < -0.4 is 5.73 Å². The molecule has 0 aromatic carbocycles. The minimum Gasteiger partial charge on any atom is -0.339 e. The maximum Gasteiger partial charge on any atom is 0.229 e. The highest BCUT2D eigenvalue weighted by molar-refractivity contribution is 4.97. The molecule has 0 amide bonds. The highest BCUT2D eigenvalue weighted by atomic mass is 16.5. The number of aromatic nitrogens is 2. The zero-order chi connectivity index (χ0) is 11.4. The Kier molecular flexibility index (Phi) is 3.93. The lowest BCUT2D eigenvalue weighted by atomic mass is 9.91. The van der Waals surface area contributed by atoms with Gasteiger partial charge in [-0.2, -0.15) is 4.98 Å². The molecule has 1 aliphatic carbocycles. The average molecular weight is 223 g/mol. The molecule has 1 unspecified atom stereocenters. The van der Waals surface area contributed by atoms with Crippen molar-refractivity contribution >= 4 is 0 Å². The quantitative estimate of drug-likeness (QED) is 0.837. The lowest BCUT2D eigenvalue weighted by Crippen LogP contribution is -2.08. The zero-order valence-electron chi connectivity index (χ0n) is 9.98. The average Bonchev–Trinajstić information content (AvgIpc) is 2.66. The number of hydrogen-bond acceptors (Lipinski definition) is 4. The second-order valence-electron chi connectivity index (χ2n) is 4.82. The first kappa shape index (κ1) is 11.6. The Morgan fingerprint density at radius 3 is 2.38 bits per heavy atom. The normalized spacial score (nSPS) is 21.4. The SMILES string of the molecule is CC(N)c1noc(C2CCCCCCC2)n1. The van der Waals surface area contributed by atoms with Gasteiger partial charge >= 0.3 is 0 Å². The van der Waals surface area contributed by atoms with Crippen molar-refractivity contribution in [2.75, 3.05) is 0 Å². The molecule has 0 aliphatic heterocycles. The maximum atomic E-state index is 5.73. The van der Waals surface area contributed by atoms with Crippen LogP contribution in [0.25, 0.3) is 0 Å². The van der Waals surface area contributed by atoms with E-state index in [2.05, 4.69) is 10.1 Å². The van der Waals surface area contributed by atoms with Gasteiger partial charge in [-0.3, -0.25) is 0 Å². The molecule has 1 fully saturated rings. The van der Waals surface area contributed by atoms with Crippen molar-refractivity contribution in [3.05, 3.63) is 11.7 Å². The molecular formula is C12H21N3O. The van der Waals surface area contributed by atoms with Crippen LogP contribution in [0, 0.1) is 0 Å². The molecule has 0 spiro atoms. The van der Waals surface area contributed by atoms with Crippen molar-refractivity contribution in [2.45, 2.75) is 63.8 Å². The summed E-state index contributed by atoms with van der Waals surface area (Å²) in [6, 6.07) is -0.133. The summed E-state index contributed by atoms with van der Waals surface area (Å²) >= 11 is 0. The summed E-state index contributed by atoms with van der Waals surface area (Å²) in [6.07, 6.45) is 8.97. The second kappa shape index (κ2) is 5.43. The van der Waals surface area contributed by atoms with Gasteiger partial charge in [0.1, 0.15) is 0 Å². The predicted octanol–water partition coefficient (Wildman–Crippen LogP) is 2.92. The molecule has 90 valence electrons. The number of nitrogens with two attached hydrogens (primary N) is 1. The first-order chi connectivity index (χ1) is 7.77. The fraction of sp³-hybridized carbons (Fsp3) is 0.833. The van der Waals surface area contributed by atoms with E-state index in [0.29, 0.717) is 11.7 Å². The van der Waals surface area contributed by atoms with Crippen molar-refractivity contribution in [2.24, 2.45) is 5.73 Å². The molecule has 1 aliphatic rings. The number of rotatable bonds is 2. The molecule has 1 atom stereocenters. The molecule has 16 heavy (non-hydrogen) atoms. The standard InChI is InChI=1S/C12H21N3O/c1-9(13)11-14-12(16-15-11)10-7-5-3-2-4-6-8-10/h9-10H,2-8,13H2,1H3. The van der Waals surface area contributed by atoms with Crippen molar-refractivity contribution in [1.29, 1.82) is 0 Å². The summed E-state index contributed by atoms with van der Waals surface area (Å²) in [5, 5.41) is 3.93. The molecule has 0 bridgehead atoms. The van der Waals surface area contributed by atoms with E-state index in [1.165, 1.54) is 44.9 Å². The Balaban J connectivity index is 2.02. The summed E-state index contributed by atoms with van der Waals surface area (Å²) in [4.78, 5) is 4.40. The summed E-state index contributed by atoms with van der Waals surface area (Å²) < 4.78 is 5.32. The number of nitrogens with zero attached hydrogens (tertiary/aromatic N) is 2. The highest BCUT2D eigenvalue weighted by Crippen LogP contribution is 2.30. The minimum absolute atomic E-state index is 0.133. The van der Waals surface area contributed by atoms with Crippen LogP contribution >= 0.6 is 0 Å². The van der Waals surface area contributed by atoms with E-state index in [1.54, 1.807) is 0 Å². The minimum atomic E-state index is -0.133. The van der Waals surface area contributed by atoms with Gasteiger partial charge in [-0.25, -0.2) is 0 Å². The Labute approximate surface area is 96.6 Å². The van der Waals surface area contributed by atoms with Gasteiger partial charge in [-0.15, -0.1) is 0 Å². The first-order valence-electron chi connectivity index (χ1n) is 6.36. The lowest BCUT2D eigenvalue weighted by molar-refractivity contribution is 0.319. The van der Waals surface area contributed by atoms with Crippen molar-refractivity contribution < 1.29 is 4.52 Å². The lowest BCUT2D eigenvalue weighted by Gasteiger charge is -2.15. The van der Waals surface area contributed by atoms with E-state index in [9.17, 15) is 0 Å². The van der Waals surface area contributed by atoms with Gasteiger partial charge in [0, 0.05) is 5.92 Å². The first-order valence-corrected chi connectivity index (χ1v) is 6.36. The van der Waals surface area contributed by atoms with Gasteiger partial charge in [0.25, 0.3) is 0 Å². The van der Waals surface area contributed by atoms with E-state index in [1.807, 2.05) is 6.92 Å². The third-order valence-corrected chi connectivity index (χ3v) is 3.32. The smallest absolute Gasteiger partial charge is 0.229 e. The molecule has 2 rings (SSSR count). The molecular weight excluding hydrogens is 202 g/mol. The summed E-state index contributed by atoms with van der Waals surface area (Å²) in [5.41, 5.74) is 5.73. The van der Waals surface area contributed by atoms with E-state index >= 15 is 0 Å². The van der Waals surface area contributed by atoms with Gasteiger partial charge in [0.2, 0.25) is 5.89 Å². The van der Waals surface area contributed by atoms with Gasteiger partial charge in [0.15, 0.2) is 5.82 Å². The number of hydrogen-bond donors (Lipinski definition) is 1. The van der Waals surface area contributed by atoms with Crippen LogP contribution in [0.15, 0.2) is 4.52 Å². The Bertz CT molecular complexity index is 314. The molecule has 4 nitrogen and oxygen atoms in total. The topological polar surface area (TPSA) is 64.9 Å². The molecule has 0 saturated heterocycles. The van der Waals surface area contributed by atoms with Crippen LogP contribution in [-0.2, 0) is 0 Å². The molecule has 1 heterocycles. The fourth-order valence-electron chi connectivity index (χ4n) is 2.30. The van der Waals surface area contributed by atoms with E-state index in [0.717, 1.165) is 5.89 Å². The predicted molar refractivity (Wildman–Crippen MR) is 62.0 cm³/mol. The van der Waals surface area contributed by atoms with Crippen LogP contribution in [0.4, 0.5) is 0 Å². The van der Waals surface area contributed by atoms with Gasteiger partial charge < -0.3 is 10.3 Å². The zero-order valence-corrected chi connectivity index (χ0v) is 9.98. The largest absolute Gasteiger partial charge is 0.339 e. The van der Waals surface area contributed by atoms with Gasteiger partial charge in [0.05, 0.1) is 6.04 Å². The summed E-state index contributed by atoms with van der Waals surface area (Å²) in [7, 11) is 0.